The van der Waals surface area contributed by atoms with Crippen molar-refractivity contribution < 1.29 is 14.3 Å². The minimum Gasteiger partial charge on any atom is -0.457 e. The summed E-state index contributed by atoms with van der Waals surface area (Å²) >= 11 is 6.29. The molecular formula is C27H25ClN4O3. The number of amides is 2. The Kier molecular flexibility index (Phi) is 7.48. The van der Waals surface area contributed by atoms with Crippen LogP contribution in [0.2, 0.25) is 5.02 Å². The van der Waals surface area contributed by atoms with Crippen molar-refractivity contribution in [3.8, 4) is 11.5 Å². The van der Waals surface area contributed by atoms with Crippen LogP contribution in [-0.4, -0.2) is 21.6 Å². The molecule has 0 aliphatic rings. The molecule has 178 valence electrons. The summed E-state index contributed by atoms with van der Waals surface area (Å²) in [4.78, 5) is 24.8. The van der Waals surface area contributed by atoms with E-state index in [1.807, 2.05) is 49.4 Å². The number of nitrogens with one attached hydrogen (secondary N) is 2. The second-order valence-electron chi connectivity index (χ2n) is 7.86. The lowest BCUT2D eigenvalue weighted by molar-refractivity contribution is 0.0941. The van der Waals surface area contributed by atoms with Crippen LogP contribution in [0, 0.1) is 0 Å². The average molecular weight is 489 g/mol. The molecule has 4 rings (SSSR count). The highest BCUT2D eigenvalue weighted by Crippen LogP contribution is 2.24. The molecule has 0 bridgehead atoms. The van der Waals surface area contributed by atoms with E-state index in [-0.39, 0.29) is 11.8 Å². The van der Waals surface area contributed by atoms with Gasteiger partial charge in [-0.1, -0.05) is 48.9 Å². The third kappa shape index (κ3) is 5.88. The number of aromatic nitrogens is 2. The molecule has 0 saturated heterocycles. The summed E-state index contributed by atoms with van der Waals surface area (Å²) in [5, 5.41) is 10.4. The second kappa shape index (κ2) is 10.9. The molecule has 0 spiro atoms. The van der Waals surface area contributed by atoms with Crippen molar-refractivity contribution >= 4 is 29.1 Å². The van der Waals surface area contributed by atoms with Crippen molar-refractivity contribution in [2.24, 2.45) is 7.05 Å². The summed E-state index contributed by atoms with van der Waals surface area (Å²) in [6, 6.07) is 23.6. The predicted molar refractivity (Wildman–Crippen MR) is 136 cm³/mol. The fourth-order valence-corrected chi connectivity index (χ4v) is 3.88. The summed E-state index contributed by atoms with van der Waals surface area (Å²) in [5.41, 5.74) is 3.24. The van der Waals surface area contributed by atoms with Crippen molar-refractivity contribution in [1.29, 1.82) is 0 Å². The maximum atomic E-state index is 12.6. The Labute approximate surface area is 208 Å². The molecule has 0 aliphatic heterocycles. The van der Waals surface area contributed by atoms with E-state index in [1.165, 1.54) is 4.68 Å². The first kappa shape index (κ1) is 24.0. The zero-order valence-corrected chi connectivity index (χ0v) is 20.2. The van der Waals surface area contributed by atoms with Gasteiger partial charge < -0.3 is 15.4 Å². The molecule has 7 nitrogen and oxygen atoms in total. The Morgan fingerprint density at radius 2 is 1.54 bits per heavy atom. The normalized spacial score (nSPS) is 10.6. The number of halogens is 1. The Morgan fingerprint density at radius 1 is 0.914 bits per heavy atom. The standard InChI is InChI=1S/C27H25ClN4O3/c1-3-23-24(28)25(32(2)31-23)27(34)29-17-18-9-13-21(14-10-18)35-22-15-11-20(12-16-22)30-26(33)19-7-5-4-6-8-19/h4-16H,3,17H2,1-2H3,(H,29,34)(H,30,33). The lowest BCUT2D eigenvalue weighted by Crippen LogP contribution is -2.25. The van der Waals surface area contributed by atoms with Gasteiger partial charge in [-0.05, 0) is 60.5 Å². The summed E-state index contributed by atoms with van der Waals surface area (Å²) < 4.78 is 7.40. The van der Waals surface area contributed by atoms with Crippen LogP contribution in [0.15, 0.2) is 78.9 Å². The smallest absolute Gasteiger partial charge is 0.271 e. The van der Waals surface area contributed by atoms with Gasteiger partial charge in [0.05, 0.1) is 10.7 Å². The van der Waals surface area contributed by atoms with Crippen molar-refractivity contribution in [2.45, 2.75) is 19.9 Å². The van der Waals surface area contributed by atoms with E-state index in [4.69, 9.17) is 16.3 Å². The Hall–Kier alpha value is -4.10. The monoisotopic (exact) mass is 488 g/mol. The first-order valence-electron chi connectivity index (χ1n) is 11.2. The molecule has 35 heavy (non-hydrogen) atoms. The molecule has 8 heteroatoms. The van der Waals surface area contributed by atoms with Crippen LogP contribution < -0.4 is 15.4 Å². The van der Waals surface area contributed by atoms with E-state index in [0.29, 0.717) is 52.1 Å². The van der Waals surface area contributed by atoms with Crippen LogP contribution >= 0.6 is 11.6 Å². The number of hydrogen-bond donors (Lipinski definition) is 2. The molecule has 2 amide bonds. The van der Waals surface area contributed by atoms with Gasteiger partial charge in [-0.25, -0.2) is 0 Å². The van der Waals surface area contributed by atoms with Crippen LogP contribution in [-0.2, 0) is 20.0 Å². The Bertz CT molecular complexity index is 1320. The Balaban J connectivity index is 1.31. The molecule has 0 unspecified atom stereocenters. The van der Waals surface area contributed by atoms with Crippen molar-refractivity contribution in [2.75, 3.05) is 5.32 Å². The Morgan fingerprint density at radius 3 is 2.14 bits per heavy atom. The number of nitrogens with zero attached hydrogens (tertiary/aromatic N) is 2. The fraction of sp³-hybridized carbons (Fsp3) is 0.148. The van der Waals surface area contributed by atoms with Gasteiger partial charge >= 0.3 is 0 Å². The van der Waals surface area contributed by atoms with Gasteiger partial charge in [0.2, 0.25) is 0 Å². The van der Waals surface area contributed by atoms with Gasteiger partial charge in [0.25, 0.3) is 11.8 Å². The third-order valence-corrected chi connectivity index (χ3v) is 5.76. The predicted octanol–water partition coefficient (Wildman–Crippen LogP) is 5.61. The molecule has 1 heterocycles. The number of carbonyl (C=O) groups excluding carboxylic acids is 2. The summed E-state index contributed by atoms with van der Waals surface area (Å²) in [6.07, 6.45) is 0.659. The first-order valence-corrected chi connectivity index (χ1v) is 11.5. The van der Waals surface area contributed by atoms with Crippen LogP contribution in [0.25, 0.3) is 0 Å². The molecule has 0 aliphatic carbocycles. The maximum absolute atomic E-state index is 12.6. The molecule has 0 atom stereocenters. The number of carbonyl (C=O) groups is 2. The van der Waals surface area contributed by atoms with E-state index in [0.717, 1.165) is 5.56 Å². The third-order valence-electron chi connectivity index (χ3n) is 5.37. The molecule has 2 N–H and O–H groups in total. The zero-order chi connectivity index (χ0) is 24.8. The number of anilines is 1. The van der Waals surface area contributed by atoms with Gasteiger partial charge in [0, 0.05) is 24.8 Å². The van der Waals surface area contributed by atoms with Gasteiger partial charge in [0.15, 0.2) is 0 Å². The van der Waals surface area contributed by atoms with E-state index in [1.54, 1.807) is 43.4 Å². The number of hydrogen-bond acceptors (Lipinski definition) is 4. The maximum Gasteiger partial charge on any atom is 0.271 e. The van der Waals surface area contributed by atoms with E-state index < -0.39 is 0 Å². The van der Waals surface area contributed by atoms with Crippen molar-refractivity contribution in [3.05, 3.63) is 106 Å². The van der Waals surface area contributed by atoms with Gasteiger partial charge in [0.1, 0.15) is 17.2 Å². The highest BCUT2D eigenvalue weighted by molar-refractivity contribution is 6.34. The molecule has 0 radical (unpaired) electrons. The highest BCUT2D eigenvalue weighted by Gasteiger charge is 2.19. The summed E-state index contributed by atoms with van der Waals surface area (Å²) in [7, 11) is 1.70. The quantitative estimate of drug-likeness (QED) is 0.337. The van der Waals surface area contributed by atoms with Crippen molar-refractivity contribution in [1.82, 2.24) is 15.1 Å². The molecule has 0 saturated carbocycles. The summed E-state index contributed by atoms with van der Waals surface area (Å²) in [5.74, 6) is 0.854. The SMILES string of the molecule is CCc1nn(C)c(C(=O)NCc2ccc(Oc3ccc(NC(=O)c4ccccc4)cc3)cc2)c1Cl. The van der Waals surface area contributed by atoms with Crippen LogP contribution in [0.1, 0.15) is 39.0 Å². The largest absolute Gasteiger partial charge is 0.457 e. The lowest BCUT2D eigenvalue weighted by atomic mass is 10.2. The number of ether oxygens (including phenoxy) is 1. The number of benzene rings is 3. The minimum atomic E-state index is -0.274. The first-order chi connectivity index (χ1) is 16.9. The zero-order valence-electron chi connectivity index (χ0n) is 19.4. The summed E-state index contributed by atoms with van der Waals surface area (Å²) in [6.45, 7) is 2.29. The highest BCUT2D eigenvalue weighted by atomic mass is 35.5. The molecular weight excluding hydrogens is 464 g/mol. The topological polar surface area (TPSA) is 85.2 Å². The van der Waals surface area contributed by atoms with Crippen LogP contribution in [0.5, 0.6) is 11.5 Å². The molecule has 1 aromatic heterocycles. The minimum absolute atomic E-state index is 0.168. The van der Waals surface area contributed by atoms with E-state index >= 15 is 0 Å². The van der Waals surface area contributed by atoms with Crippen molar-refractivity contribution in [3.63, 3.8) is 0 Å². The van der Waals surface area contributed by atoms with Gasteiger partial charge in [-0.2, -0.15) is 5.10 Å². The van der Waals surface area contributed by atoms with Crippen LogP contribution in [0.4, 0.5) is 5.69 Å². The molecule has 4 aromatic rings. The molecule has 0 fully saturated rings. The lowest BCUT2D eigenvalue weighted by Gasteiger charge is -2.10. The van der Waals surface area contributed by atoms with E-state index in [9.17, 15) is 9.59 Å². The second-order valence-corrected chi connectivity index (χ2v) is 8.24. The van der Waals surface area contributed by atoms with E-state index in [2.05, 4.69) is 15.7 Å². The van der Waals surface area contributed by atoms with Gasteiger partial charge in [-0.3, -0.25) is 14.3 Å². The van der Waals surface area contributed by atoms with Gasteiger partial charge in [-0.15, -0.1) is 0 Å². The average Bonchev–Trinajstić information content (AvgIpc) is 3.18. The van der Waals surface area contributed by atoms with Crippen LogP contribution in [0.3, 0.4) is 0 Å². The fourth-order valence-electron chi connectivity index (χ4n) is 3.50. The molecule has 3 aromatic carbocycles. The number of rotatable bonds is 8. The number of aryl methyl sites for hydroxylation is 2.